The topological polar surface area (TPSA) is 75.7 Å². The number of amides is 1. The van der Waals surface area contributed by atoms with Gasteiger partial charge in [0.2, 0.25) is 10.0 Å². The molecule has 1 heterocycles. The van der Waals surface area contributed by atoms with Crippen molar-refractivity contribution in [3.05, 3.63) is 58.6 Å². The molecule has 26 heavy (non-hydrogen) atoms. The van der Waals surface area contributed by atoms with Crippen LogP contribution < -0.4 is 5.32 Å². The highest BCUT2D eigenvalue weighted by atomic mass is 35.5. The molecular formula is C18H19ClN2O4S. The van der Waals surface area contributed by atoms with Gasteiger partial charge in [0.05, 0.1) is 18.1 Å². The largest absolute Gasteiger partial charge is 0.379 e. The third kappa shape index (κ3) is 4.07. The highest BCUT2D eigenvalue weighted by Gasteiger charge is 2.26. The van der Waals surface area contributed by atoms with Crippen molar-refractivity contribution >= 4 is 33.2 Å². The number of hydrogen-bond acceptors (Lipinski definition) is 4. The number of nitrogens with one attached hydrogen (secondary N) is 1. The van der Waals surface area contributed by atoms with Crippen LogP contribution in [-0.2, 0) is 14.8 Å². The molecule has 0 saturated carbocycles. The summed E-state index contributed by atoms with van der Waals surface area (Å²) in [6.07, 6.45) is 0. The lowest BCUT2D eigenvalue weighted by Gasteiger charge is -2.26. The fourth-order valence-electron chi connectivity index (χ4n) is 2.59. The van der Waals surface area contributed by atoms with Gasteiger partial charge in [-0.1, -0.05) is 17.7 Å². The molecule has 6 nitrogen and oxygen atoms in total. The maximum absolute atomic E-state index is 12.6. The third-order valence-electron chi connectivity index (χ3n) is 4.15. The van der Waals surface area contributed by atoms with Gasteiger partial charge in [-0.25, -0.2) is 8.42 Å². The number of sulfonamides is 1. The van der Waals surface area contributed by atoms with E-state index in [1.165, 1.54) is 28.6 Å². The van der Waals surface area contributed by atoms with E-state index in [4.69, 9.17) is 16.3 Å². The van der Waals surface area contributed by atoms with Gasteiger partial charge in [-0.05, 0) is 48.9 Å². The van der Waals surface area contributed by atoms with Crippen LogP contribution in [0.25, 0.3) is 0 Å². The van der Waals surface area contributed by atoms with Gasteiger partial charge in [0.1, 0.15) is 0 Å². The normalized spacial score (nSPS) is 15.6. The molecule has 1 saturated heterocycles. The molecule has 1 N–H and O–H groups in total. The molecule has 1 aliphatic rings. The summed E-state index contributed by atoms with van der Waals surface area (Å²) < 4.78 is 31.7. The van der Waals surface area contributed by atoms with Crippen LogP contribution in [0, 0.1) is 6.92 Å². The van der Waals surface area contributed by atoms with E-state index < -0.39 is 10.0 Å². The first-order chi connectivity index (χ1) is 12.4. The Morgan fingerprint density at radius 1 is 1.12 bits per heavy atom. The van der Waals surface area contributed by atoms with Crippen LogP contribution in [-0.4, -0.2) is 44.9 Å². The number of benzene rings is 2. The SMILES string of the molecule is Cc1ccc(NC(=O)c2ccc(S(=O)(=O)N3CCOCC3)cc2)cc1Cl. The van der Waals surface area contributed by atoms with Crippen molar-refractivity contribution in [2.75, 3.05) is 31.6 Å². The summed E-state index contributed by atoms with van der Waals surface area (Å²) in [5.74, 6) is -0.333. The minimum absolute atomic E-state index is 0.161. The molecule has 1 fully saturated rings. The van der Waals surface area contributed by atoms with Crippen molar-refractivity contribution in [2.45, 2.75) is 11.8 Å². The lowest BCUT2D eigenvalue weighted by atomic mass is 10.2. The first-order valence-corrected chi connectivity index (χ1v) is 9.95. The molecule has 0 spiro atoms. The second-order valence-electron chi connectivity index (χ2n) is 5.96. The number of carbonyl (C=O) groups is 1. The van der Waals surface area contributed by atoms with Crippen LogP contribution in [0.4, 0.5) is 5.69 Å². The Bertz CT molecular complexity index is 907. The van der Waals surface area contributed by atoms with E-state index in [2.05, 4.69) is 5.32 Å². The zero-order chi connectivity index (χ0) is 18.7. The van der Waals surface area contributed by atoms with Gasteiger partial charge < -0.3 is 10.1 Å². The second kappa shape index (κ2) is 7.75. The van der Waals surface area contributed by atoms with Gasteiger partial charge >= 0.3 is 0 Å². The van der Waals surface area contributed by atoms with Crippen molar-refractivity contribution < 1.29 is 17.9 Å². The maximum atomic E-state index is 12.6. The molecule has 1 aliphatic heterocycles. The van der Waals surface area contributed by atoms with Crippen molar-refractivity contribution in [3.63, 3.8) is 0 Å². The number of nitrogens with zero attached hydrogens (tertiary/aromatic N) is 1. The average Bonchev–Trinajstić information content (AvgIpc) is 2.65. The molecule has 0 bridgehead atoms. The number of rotatable bonds is 4. The minimum atomic E-state index is -3.57. The van der Waals surface area contributed by atoms with Crippen molar-refractivity contribution in [2.24, 2.45) is 0 Å². The number of ether oxygens (including phenoxy) is 1. The summed E-state index contributed by atoms with van der Waals surface area (Å²) >= 11 is 6.06. The van der Waals surface area contributed by atoms with Gasteiger partial charge in [-0.3, -0.25) is 4.79 Å². The van der Waals surface area contributed by atoms with Gasteiger partial charge in [0, 0.05) is 29.4 Å². The van der Waals surface area contributed by atoms with E-state index in [0.29, 0.717) is 42.6 Å². The van der Waals surface area contributed by atoms with Gasteiger partial charge in [-0.15, -0.1) is 0 Å². The van der Waals surface area contributed by atoms with Crippen molar-refractivity contribution in [1.82, 2.24) is 4.31 Å². The Morgan fingerprint density at radius 3 is 2.38 bits per heavy atom. The summed E-state index contributed by atoms with van der Waals surface area (Å²) in [7, 11) is -3.57. The summed E-state index contributed by atoms with van der Waals surface area (Å²) in [6, 6.07) is 11.1. The minimum Gasteiger partial charge on any atom is -0.379 e. The average molecular weight is 395 g/mol. The van der Waals surface area contributed by atoms with Crippen LogP contribution in [0.3, 0.4) is 0 Å². The Morgan fingerprint density at radius 2 is 1.77 bits per heavy atom. The van der Waals surface area contributed by atoms with E-state index in [9.17, 15) is 13.2 Å². The zero-order valence-corrected chi connectivity index (χ0v) is 15.8. The Balaban J connectivity index is 1.74. The highest BCUT2D eigenvalue weighted by molar-refractivity contribution is 7.89. The zero-order valence-electron chi connectivity index (χ0n) is 14.2. The number of halogens is 1. The smallest absolute Gasteiger partial charge is 0.255 e. The molecule has 0 radical (unpaired) electrons. The number of morpholine rings is 1. The third-order valence-corrected chi connectivity index (χ3v) is 6.47. The van der Waals surface area contributed by atoms with Gasteiger partial charge in [0.25, 0.3) is 5.91 Å². The molecule has 1 amide bonds. The van der Waals surface area contributed by atoms with Crippen LogP contribution in [0.5, 0.6) is 0 Å². The van der Waals surface area contributed by atoms with E-state index in [-0.39, 0.29) is 10.8 Å². The number of hydrogen-bond donors (Lipinski definition) is 1. The number of anilines is 1. The molecule has 0 aliphatic carbocycles. The van der Waals surface area contributed by atoms with Gasteiger partial charge in [-0.2, -0.15) is 4.31 Å². The summed E-state index contributed by atoms with van der Waals surface area (Å²) in [5.41, 5.74) is 1.86. The lowest BCUT2D eigenvalue weighted by molar-refractivity contribution is 0.0730. The molecule has 0 atom stereocenters. The van der Waals surface area contributed by atoms with Crippen LogP contribution in [0.2, 0.25) is 5.02 Å². The molecule has 2 aromatic rings. The first kappa shape index (κ1) is 18.8. The summed E-state index contributed by atoms with van der Waals surface area (Å²) in [6.45, 7) is 3.32. The monoisotopic (exact) mass is 394 g/mol. The fraction of sp³-hybridized carbons (Fsp3) is 0.278. The molecule has 138 valence electrons. The maximum Gasteiger partial charge on any atom is 0.255 e. The second-order valence-corrected chi connectivity index (χ2v) is 8.30. The van der Waals surface area contributed by atoms with Crippen molar-refractivity contribution in [1.29, 1.82) is 0 Å². The Labute approximate surface area is 157 Å². The molecular weight excluding hydrogens is 376 g/mol. The van der Waals surface area contributed by atoms with E-state index in [1.807, 2.05) is 13.0 Å². The lowest BCUT2D eigenvalue weighted by Crippen LogP contribution is -2.40. The molecule has 8 heteroatoms. The number of carbonyl (C=O) groups excluding carboxylic acids is 1. The predicted octanol–water partition coefficient (Wildman–Crippen LogP) is 2.92. The van der Waals surface area contributed by atoms with E-state index >= 15 is 0 Å². The van der Waals surface area contributed by atoms with E-state index in [0.717, 1.165) is 5.56 Å². The molecule has 0 unspecified atom stereocenters. The van der Waals surface area contributed by atoms with Crippen LogP contribution >= 0.6 is 11.6 Å². The van der Waals surface area contributed by atoms with Gasteiger partial charge in [0.15, 0.2) is 0 Å². The molecule has 0 aromatic heterocycles. The molecule has 3 rings (SSSR count). The Hall–Kier alpha value is -1.93. The van der Waals surface area contributed by atoms with Crippen LogP contribution in [0.1, 0.15) is 15.9 Å². The fourth-order valence-corrected chi connectivity index (χ4v) is 4.18. The summed E-state index contributed by atoms with van der Waals surface area (Å²) in [4.78, 5) is 12.5. The highest BCUT2D eigenvalue weighted by Crippen LogP contribution is 2.21. The quantitative estimate of drug-likeness (QED) is 0.865. The molecule has 2 aromatic carbocycles. The summed E-state index contributed by atoms with van der Waals surface area (Å²) in [5, 5.41) is 3.31. The standard InChI is InChI=1S/C18H19ClN2O4S/c1-13-2-5-15(12-17(13)19)20-18(22)14-3-6-16(7-4-14)26(23,24)21-8-10-25-11-9-21/h2-7,12H,8-11H2,1H3,(H,20,22). The van der Waals surface area contributed by atoms with Crippen LogP contribution in [0.15, 0.2) is 47.4 Å². The Kier molecular flexibility index (Phi) is 5.62. The predicted molar refractivity (Wildman–Crippen MR) is 100 cm³/mol. The first-order valence-electron chi connectivity index (χ1n) is 8.13. The van der Waals surface area contributed by atoms with E-state index in [1.54, 1.807) is 12.1 Å². The number of aryl methyl sites for hydroxylation is 1. The van der Waals surface area contributed by atoms with Crippen molar-refractivity contribution in [3.8, 4) is 0 Å².